The molecule has 24 heavy (non-hydrogen) atoms. The van der Waals surface area contributed by atoms with Gasteiger partial charge in [-0.2, -0.15) is 0 Å². The maximum Gasteiger partial charge on any atom is 0.344 e. The first-order valence-corrected chi connectivity index (χ1v) is 7.10. The molecule has 0 heterocycles. The summed E-state index contributed by atoms with van der Waals surface area (Å²) in [6, 6.07) is 12.8. The van der Waals surface area contributed by atoms with Crippen LogP contribution in [0.3, 0.4) is 0 Å². The summed E-state index contributed by atoms with van der Waals surface area (Å²) in [5.74, 6) is -3.53. The first kappa shape index (κ1) is 17.2. The van der Waals surface area contributed by atoms with E-state index >= 15 is 0 Å². The van der Waals surface area contributed by atoms with Crippen LogP contribution in [0.5, 0.6) is 0 Å². The second kappa shape index (κ2) is 7.43. The Kier molecular flexibility index (Phi) is 5.34. The van der Waals surface area contributed by atoms with Crippen molar-refractivity contribution in [3.8, 4) is 0 Å². The molecule has 3 N–H and O–H groups in total. The van der Waals surface area contributed by atoms with Crippen LogP contribution in [0.15, 0.2) is 60.3 Å². The number of carboxylic acids is 2. The van der Waals surface area contributed by atoms with E-state index in [-0.39, 0.29) is 17.0 Å². The van der Waals surface area contributed by atoms with Gasteiger partial charge >= 0.3 is 11.9 Å². The number of ketones is 1. The van der Waals surface area contributed by atoms with Gasteiger partial charge in [0.05, 0.1) is 0 Å². The Hall–Kier alpha value is -3.12. The Morgan fingerprint density at radius 3 is 2.17 bits per heavy atom. The fraction of sp³-hybridized carbons (Fsp3) is 0. The minimum absolute atomic E-state index is 0.195. The van der Waals surface area contributed by atoms with Crippen LogP contribution in [-0.4, -0.2) is 27.9 Å². The summed E-state index contributed by atoms with van der Waals surface area (Å²) >= 11 is 5.93. The van der Waals surface area contributed by atoms with Gasteiger partial charge in [0.15, 0.2) is 11.4 Å². The minimum atomic E-state index is -1.60. The van der Waals surface area contributed by atoms with E-state index in [9.17, 15) is 14.4 Å². The lowest BCUT2D eigenvalue weighted by molar-refractivity contribution is -0.140. The Balaban J connectivity index is 2.42. The Bertz CT molecular complexity index is 814. The molecular formula is C17H12ClNO5. The molecule has 0 atom stereocenters. The van der Waals surface area contributed by atoms with Crippen LogP contribution >= 0.6 is 11.6 Å². The summed E-state index contributed by atoms with van der Waals surface area (Å²) in [7, 11) is 0. The van der Waals surface area contributed by atoms with Crippen LogP contribution in [0.1, 0.15) is 15.9 Å². The van der Waals surface area contributed by atoms with E-state index in [0.29, 0.717) is 10.6 Å². The third-order valence-corrected chi connectivity index (χ3v) is 3.33. The van der Waals surface area contributed by atoms with Gasteiger partial charge in [-0.1, -0.05) is 41.9 Å². The molecule has 122 valence electrons. The summed E-state index contributed by atoms with van der Waals surface area (Å²) in [6.07, 6.45) is 0.815. The number of benzene rings is 2. The molecule has 0 aromatic heterocycles. The van der Waals surface area contributed by atoms with Crippen molar-refractivity contribution in [2.45, 2.75) is 0 Å². The third kappa shape index (κ3) is 3.99. The predicted molar refractivity (Wildman–Crippen MR) is 88.3 cm³/mol. The molecule has 6 nitrogen and oxygen atoms in total. The molecule has 0 unspecified atom stereocenters. The predicted octanol–water partition coefficient (Wildman–Crippen LogP) is 3.04. The number of halogens is 1. The maximum atomic E-state index is 12.6. The topological polar surface area (TPSA) is 104 Å². The van der Waals surface area contributed by atoms with E-state index in [1.807, 2.05) is 0 Å². The highest BCUT2D eigenvalue weighted by Crippen LogP contribution is 2.24. The van der Waals surface area contributed by atoms with E-state index in [1.165, 1.54) is 18.2 Å². The highest BCUT2D eigenvalue weighted by Gasteiger charge is 2.17. The van der Waals surface area contributed by atoms with Crippen molar-refractivity contribution in [1.29, 1.82) is 0 Å². The molecule has 0 fully saturated rings. The molecule has 2 aromatic rings. The zero-order chi connectivity index (χ0) is 17.7. The molecule has 0 aliphatic rings. The lowest BCUT2D eigenvalue weighted by atomic mass is 10.0. The molecule has 0 spiro atoms. The average molecular weight is 346 g/mol. The molecular weight excluding hydrogens is 334 g/mol. The normalized spacial score (nSPS) is 9.88. The first-order valence-electron chi connectivity index (χ1n) is 6.72. The smallest absolute Gasteiger partial charge is 0.344 e. The van der Waals surface area contributed by atoms with Crippen molar-refractivity contribution in [1.82, 2.24) is 0 Å². The van der Waals surface area contributed by atoms with Gasteiger partial charge in [-0.15, -0.1) is 0 Å². The van der Waals surface area contributed by atoms with Gasteiger partial charge in [0.2, 0.25) is 0 Å². The number of hydrogen-bond acceptors (Lipinski definition) is 4. The standard InChI is InChI=1S/C17H12ClNO5/c18-11-6-7-14(19-9-13(16(21)22)17(23)24)12(8-11)15(20)10-4-2-1-3-5-10/h1-9,19H,(H,21,22)(H,23,24). The summed E-state index contributed by atoms with van der Waals surface area (Å²) in [6.45, 7) is 0. The Morgan fingerprint density at radius 1 is 0.958 bits per heavy atom. The Morgan fingerprint density at radius 2 is 1.58 bits per heavy atom. The van der Waals surface area contributed by atoms with Crippen molar-refractivity contribution < 1.29 is 24.6 Å². The monoisotopic (exact) mass is 345 g/mol. The summed E-state index contributed by atoms with van der Waals surface area (Å²) in [5, 5.41) is 20.6. The van der Waals surface area contributed by atoms with Gasteiger partial charge in [-0.05, 0) is 18.2 Å². The van der Waals surface area contributed by atoms with Crippen LogP contribution in [-0.2, 0) is 9.59 Å². The van der Waals surface area contributed by atoms with Crippen LogP contribution in [0.2, 0.25) is 5.02 Å². The van der Waals surface area contributed by atoms with Gasteiger partial charge < -0.3 is 15.5 Å². The van der Waals surface area contributed by atoms with Crippen molar-refractivity contribution in [3.05, 3.63) is 76.5 Å². The van der Waals surface area contributed by atoms with Crippen LogP contribution in [0.4, 0.5) is 5.69 Å². The zero-order valence-corrected chi connectivity index (χ0v) is 12.9. The van der Waals surface area contributed by atoms with E-state index in [1.54, 1.807) is 30.3 Å². The zero-order valence-electron chi connectivity index (χ0n) is 12.2. The average Bonchev–Trinajstić information content (AvgIpc) is 2.55. The highest BCUT2D eigenvalue weighted by atomic mass is 35.5. The van der Waals surface area contributed by atoms with E-state index in [4.69, 9.17) is 21.8 Å². The van der Waals surface area contributed by atoms with Crippen molar-refractivity contribution in [3.63, 3.8) is 0 Å². The van der Waals surface area contributed by atoms with E-state index in [2.05, 4.69) is 5.32 Å². The van der Waals surface area contributed by atoms with Crippen LogP contribution < -0.4 is 5.32 Å². The van der Waals surface area contributed by atoms with Crippen molar-refractivity contribution in [2.24, 2.45) is 0 Å². The number of carboxylic acid groups (broad SMARTS) is 2. The van der Waals surface area contributed by atoms with Crippen LogP contribution in [0.25, 0.3) is 0 Å². The molecule has 0 bridgehead atoms. The molecule has 0 aliphatic carbocycles. The fourth-order valence-electron chi connectivity index (χ4n) is 1.94. The fourth-order valence-corrected chi connectivity index (χ4v) is 2.11. The quantitative estimate of drug-likeness (QED) is 0.322. The second-order valence-electron chi connectivity index (χ2n) is 4.70. The number of anilines is 1. The number of aliphatic carboxylic acids is 2. The van der Waals surface area contributed by atoms with Gasteiger partial charge in [0.25, 0.3) is 0 Å². The number of carbonyl (C=O) groups excluding carboxylic acids is 1. The summed E-state index contributed by atoms with van der Waals surface area (Å²) in [5.41, 5.74) is -0.000111. The number of nitrogens with one attached hydrogen (secondary N) is 1. The molecule has 0 saturated heterocycles. The summed E-state index contributed by atoms with van der Waals surface area (Å²) in [4.78, 5) is 34.3. The van der Waals surface area contributed by atoms with Gasteiger partial charge in [0.1, 0.15) is 0 Å². The van der Waals surface area contributed by atoms with E-state index < -0.39 is 17.5 Å². The van der Waals surface area contributed by atoms with Crippen molar-refractivity contribution in [2.75, 3.05) is 5.32 Å². The first-order chi connectivity index (χ1) is 11.4. The largest absolute Gasteiger partial charge is 0.477 e. The number of hydrogen-bond donors (Lipinski definition) is 3. The molecule has 0 radical (unpaired) electrons. The Labute approximate surface area is 142 Å². The van der Waals surface area contributed by atoms with Crippen molar-refractivity contribution >= 4 is 35.0 Å². The second-order valence-corrected chi connectivity index (χ2v) is 5.13. The summed E-state index contributed by atoms with van der Waals surface area (Å²) < 4.78 is 0. The molecule has 0 aliphatic heterocycles. The molecule has 7 heteroatoms. The van der Waals surface area contributed by atoms with E-state index in [0.717, 1.165) is 6.20 Å². The lowest BCUT2D eigenvalue weighted by Gasteiger charge is -2.10. The maximum absolute atomic E-state index is 12.6. The molecule has 2 rings (SSSR count). The SMILES string of the molecule is O=C(O)C(=CNc1ccc(Cl)cc1C(=O)c1ccccc1)C(=O)O. The number of rotatable bonds is 6. The van der Waals surface area contributed by atoms with Gasteiger partial charge in [-0.25, -0.2) is 9.59 Å². The van der Waals surface area contributed by atoms with Gasteiger partial charge in [-0.3, -0.25) is 4.79 Å². The molecule has 0 saturated carbocycles. The van der Waals surface area contributed by atoms with Crippen LogP contribution in [0, 0.1) is 0 Å². The lowest BCUT2D eigenvalue weighted by Crippen LogP contribution is -2.13. The highest BCUT2D eigenvalue weighted by molar-refractivity contribution is 6.31. The molecule has 0 amide bonds. The van der Waals surface area contributed by atoms with Gasteiger partial charge in [0, 0.05) is 28.0 Å². The minimum Gasteiger partial charge on any atom is -0.477 e. The third-order valence-electron chi connectivity index (χ3n) is 3.10. The number of carbonyl (C=O) groups is 3. The molecule has 2 aromatic carbocycles.